The molecule has 0 bridgehead atoms. The molecule has 0 heterocycles. The number of allylic oxidation sites excluding steroid dienone is 2. The molecular formula is C19H33FO2. The van der Waals surface area contributed by atoms with Gasteiger partial charge in [0.05, 0.1) is 6.67 Å². The monoisotopic (exact) mass is 312 g/mol. The van der Waals surface area contributed by atoms with Crippen LogP contribution in [0.5, 0.6) is 0 Å². The van der Waals surface area contributed by atoms with Crippen LogP contribution in [0.25, 0.3) is 0 Å². The van der Waals surface area contributed by atoms with E-state index in [1.54, 1.807) is 0 Å². The maximum absolute atomic E-state index is 12.7. The van der Waals surface area contributed by atoms with Crippen molar-refractivity contribution in [1.82, 2.24) is 0 Å². The number of aliphatic hydroxyl groups excluding tert-OH is 1. The van der Waals surface area contributed by atoms with Crippen LogP contribution in [0.3, 0.4) is 0 Å². The third-order valence-corrected chi connectivity index (χ3v) is 6.27. The summed E-state index contributed by atoms with van der Waals surface area (Å²) in [5.74, 6) is 0.108. The van der Waals surface area contributed by atoms with Crippen LogP contribution >= 0.6 is 0 Å². The summed E-state index contributed by atoms with van der Waals surface area (Å²) in [6.45, 7) is 7.74. The minimum absolute atomic E-state index is 0.0249. The third kappa shape index (κ3) is 4.33. The van der Waals surface area contributed by atoms with Gasteiger partial charge in [-0.05, 0) is 43.9 Å². The number of carbonyl (C=O) groups is 1. The summed E-state index contributed by atoms with van der Waals surface area (Å²) in [5, 5.41) is 10.3. The van der Waals surface area contributed by atoms with Crippen molar-refractivity contribution in [3.8, 4) is 0 Å². The second-order valence-electron chi connectivity index (χ2n) is 7.27. The Hall–Kier alpha value is -0.860. The summed E-state index contributed by atoms with van der Waals surface area (Å²) >= 11 is 0. The van der Waals surface area contributed by atoms with Gasteiger partial charge in [0.1, 0.15) is 5.76 Å². The Labute approximate surface area is 135 Å². The Morgan fingerprint density at radius 1 is 1.27 bits per heavy atom. The van der Waals surface area contributed by atoms with E-state index in [0.717, 1.165) is 25.7 Å². The summed E-state index contributed by atoms with van der Waals surface area (Å²) in [6.07, 6.45) is 8.65. The number of carbonyl (C=O) groups excluding carboxylic acids is 1. The number of alkyl halides is 1. The van der Waals surface area contributed by atoms with Gasteiger partial charge in [-0.3, -0.25) is 9.18 Å². The van der Waals surface area contributed by atoms with E-state index in [0.29, 0.717) is 11.8 Å². The van der Waals surface area contributed by atoms with E-state index < -0.39 is 12.1 Å². The van der Waals surface area contributed by atoms with Crippen LogP contribution in [0.2, 0.25) is 0 Å². The molecule has 1 rings (SSSR count). The SMILES string of the molecule is CCC1(CC)CCC(C(=O)C=C(O)C(C)(CC)CCF)CC1. The topological polar surface area (TPSA) is 37.3 Å². The molecule has 0 saturated heterocycles. The van der Waals surface area contributed by atoms with Gasteiger partial charge in [-0.15, -0.1) is 0 Å². The van der Waals surface area contributed by atoms with E-state index in [4.69, 9.17) is 0 Å². The number of halogens is 1. The first-order chi connectivity index (χ1) is 10.4. The molecule has 0 aromatic carbocycles. The normalized spacial score (nSPS) is 22.3. The van der Waals surface area contributed by atoms with E-state index in [2.05, 4.69) is 13.8 Å². The number of hydrogen-bond acceptors (Lipinski definition) is 2. The molecule has 1 atom stereocenters. The molecule has 0 amide bonds. The average Bonchev–Trinajstić information content (AvgIpc) is 2.54. The molecule has 1 unspecified atom stereocenters. The highest BCUT2D eigenvalue weighted by molar-refractivity contribution is 5.92. The Morgan fingerprint density at radius 2 is 1.82 bits per heavy atom. The molecule has 0 spiro atoms. The highest BCUT2D eigenvalue weighted by atomic mass is 19.1. The Kier molecular flexibility index (Phi) is 7.08. The highest BCUT2D eigenvalue weighted by Gasteiger charge is 2.35. The van der Waals surface area contributed by atoms with Crippen LogP contribution < -0.4 is 0 Å². The standard InChI is InChI=1S/C19H33FO2/c1-5-18(4,12-13-20)17(22)14-16(21)15-8-10-19(6-2,7-3)11-9-15/h14-15,22H,5-13H2,1-4H3. The molecule has 1 aliphatic rings. The van der Waals surface area contributed by atoms with Crippen molar-refractivity contribution in [2.24, 2.45) is 16.7 Å². The van der Waals surface area contributed by atoms with Crippen molar-refractivity contribution in [2.45, 2.75) is 79.1 Å². The molecule has 0 aromatic heterocycles. The molecule has 1 saturated carbocycles. The Morgan fingerprint density at radius 3 is 2.23 bits per heavy atom. The smallest absolute Gasteiger partial charge is 0.162 e. The van der Waals surface area contributed by atoms with Crippen molar-refractivity contribution in [1.29, 1.82) is 0 Å². The van der Waals surface area contributed by atoms with E-state index in [1.165, 1.54) is 18.9 Å². The second-order valence-corrected chi connectivity index (χ2v) is 7.27. The van der Waals surface area contributed by atoms with Crippen LogP contribution in [0.4, 0.5) is 4.39 Å². The lowest BCUT2D eigenvalue weighted by atomic mass is 9.66. The molecule has 0 aromatic rings. The number of ketones is 1. The van der Waals surface area contributed by atoms with E-state index >= 15 is 0 Å². The first kappa shape index (κ1) is 19.2. The molecule has 128 valence electrons. The lowest BCUT2D eigenvalue weighted by Gasteiger charge is -2.38. The molecule has 0 radical (unpaired) electrons. The number of aliphatic hydroxyl groups is 1. The van der Waals surface area contributed by atoms with Crippen LogP contribution in [0, 0.1) is 16.7 Å². The van der Waals surface area contributed by atoms with Crippen LogP contribution in [0.15, 0.2) is 11.8 Å². The molecule has 0 aliphatic heterocycles. The Bertz CT molecular complexity index is 388. The van der Waals surface area contributed by atoms with E-state index in [-0.39, 0.29) is 23.9 Å². The zero-order valence-corrected chi connectivity index (χ0v) is 14.8. The van der Waals surface area contributed by atoms with Crippen molar-refractivity contribution < 1.29 is 14.3 Å². The molecule has 1 aliphatic carbocycles. The summed E-state index contributed by atoms with van der Waals surface area (Å²) in [7, 11) is 0. The maximum atomic E-state index is 12.7. The molecule has 1 N–H and O–H groups in total. The lowest BCUT2D eigenvalue weighted by molar-refractivity contribution is -0.120. The predicted molar refractivity (Wildman–Crippen MR) is 89.7 cm³/mol. The first-order valence-electron chi connectivity index (χ1n) is 8.87. The summed E-state index contributed by atoms with van der Waals surface area (Å²) in [6, 6.07) is 0. The van der Waals surface area contributed by atoms with Gasteiger partial charge in [-0.1, -0.05) is 40.5 Å². The fourth-order valence-electron chi connectivity index (χ4n) is 3.59. The van der Waals surface area contributed by atoms with Crippen molar-refractivity contribution >= 4 is 5.78 Å². The Balaban J connectivity index is 2.72. The molecule has 22 heavy (non-hydrogen) atoms. The predicted octanol–water partition coefficient (Wildman–Crippen LogP) is 5.77. The second kappa shape index (κ2) is 8.12. The van der Waals surface area contributed by atoms with Crippen molar-refractivity contribution in [2.75, 3.05) is 6.67 Å². The molecule has 3 heteroatoms. The minimum Gasteiger partial charge on any atom is -0.512 e. The van der Waals surface area contributed by atoms with Gasteiger partial charge in [0.25, 0.3) is 0 Å². The van der Waals surface area contributed by atoms with Gasteiger partial charge in [0.2, 0.25) is 0 Å². The summed E-state index contributed by atoms with van der Waals surface area (Å²) < 4.78 is 12.7. The van der Waals surface area contributed by atoms with Crippen molar-refractivity contribution in [3.63, 3.8) is 0 Å². The van der Waals surface area contributed by atoms with Crippen molar-refractivity contribution in [3.05, 3.63) is 11.8 Å². The fraction of sp³-hybridized carbons (Fsp3) is 0.842. The molecule has 2 nitrogen and oxygen atoms in total. The largest absolute Gasteiger partial charge is 0.512 e. The quantitative estimate of drug-likeness (QED) is 0.456. The maximum Gasteiger partial charge on any atom is 0.162 e. The fourth-order valence-corrected chi connectivity index (χ4v) is 3.59. The van der Waals surface area contributed by atoms with Crippen LogP contribution in [0.1, 0.15) is 79.1 Å². The number of hydrogen-bond donors (Lipinski definition) is 1. The first-order valence-corrected chi connectivity index (χ1v) is 8.87. The summed E-state index contributed by atoms with van der Waals surface area (Å²) in [5.41, 5.74) is -0.204. The van der Waals surface area contributed by atoms with Gasteiger partial charge in [-0.2, -0.15) is 0 Å². The van der Waals surface area contributed by atoms with E-state index in [1.807, 2.05) is 13.8 Å². The molecule has 1 fully saturated rings. The number of rotatable bonds is 8. The third-order valence-electron chi connectivity index (χ3n) is 6.27. The zero-order valence-electron chi connectivity index (χ0n) is 14.8. The lowest BCUT2D eigenvalue weighted by Crippen LogP contribution is -2.29. The highest BCUT2D eigenvalue weighted by Crippen LogP contribution is 2.44. The van der Waals surface area contributed by atoms with Gasteiger partial charge >= 0.3 is 0 Å². The summed E-state index contributed by atoms with van der Waals surface area (Å²) in [4.78, 5) is 12.4. The average molecular weight is 312 g/mol. The van der Waals surface area contributed by atoms with Gasteiger partial charge < -0.3 is 5.11 Å². The van der Waals surface area contributed by atoms with E-state index in [9.17, 15) is 14.3 Å². The molecular weight excluding hydrogens is 279 g/mol. The van der Waals surface area contributed by atoms with Gasteiger partial charge in [0.15, 0.2) is 5.78 Å². The van der Waals surface area contributed by atoms with Gasteiger partial charge in [0, 0.05) is 17.4 Å². The zero-order chi connectivity index (χ0) is 16.8. The van der Waals surface area contributed by atoms with Crippen LogP contribution in [-0.4, -0.2) is 17.6 Å². The van der Waals surface area contributed by atoms with Crippen LogP contribution in [-0.2, 0) is 4.79 Å². The van der Waals surface area contributed by atoms with Gasteiger partial charge in [-0.25, -0.2) is 0 Å². The minimum atomic E-state index is -0.615.